The maximum Gasteiger partial charge on any atom is 0.254 e. The minimum absolute atomic E-state index is 0.240. The van der Waals surface area contributed by atoms with Crippen molar-refractivity contribution < 1.29 is 14.3 Å². The summed E-state index contributed by atoms with van der Waals surface area (Å²) in [6.45, 7) is 7.33. The molecule has 12 heteroatoms. The molecule has 1 fully saturated rings. The lowest BCUT2D eigenvalue weighted by Gasteiger charge is -2.32. The highest BCUT2D eigenvalue weighted by molar-refractivity contribution is 9.10. The molecule has 5 rings (SSSR count). The third-order valence-electron chi connectivity index (χ3n) is 6.77. The van der Waals surface area contributed by atoms with E-state index in [4.69, 9.17) is 10.5 Å². The third-order valence-corrected chi connectivity index (χ3v) is 7.26. The van der Waals surface area contributed by atoms with Crippen LogP contribution in [0.1, 0.15) is 11.1 Å². The van der Waals surface area contributed by atoms with Crippen molar-refractivity contribution in [3.63, 3.8) is 0 Å². The number of piperazine rings is 1. The van der Waals surface area contributed by atoms with Crippen LogP contribution in [0.2, 0.25) is 0 Å². The summed E-state index contributed by atoms with van der Waals surface area (Å²) >= 11 is 3.44. The smallest absolute Gasteiger partial charge is 0.254 e. The number of aryl methyl sites for hydroxylation is 1. The summed E-state index contributed by atoms with van der Waals surface area (Å²) in [5.41, 5.74) is 7.07. The fourth-order valence-corrected chi connectivity index (χ4v) is 5.16. The second-order valence-electron chi connectivity index (χ2n) is 9.15. The first-order chi connectivity index (χ1) is 17.9. The van der Waals surface area contributed by atoms with Crippen molar-refractivity contribution in [1.82, 2.24) is 25.5 Å². The Morgan fingerprint density at radius 3 is 2.84 bits per heavy atom. The quantitative estimate of drug-likeness (QED) is 0.274. The van der Waals surface area contributed by atoms with E-state index in [0.717, 1.165) is 42.8 Å². The number of aromatic nitrogens is 2. The number of H-pyrrole nitrogens is 1. The fraction of sp³-hybridized carbons (Fsp3) is 0.360. The van der Waals surface area contributed by atoms with Crippen LogP contribution in [0.5, 0.6) is 5.75 Å². The molecule has 6 N–H and O–H groups in total. The molecule has 0 bridgehead atoms. The van der Waals surface area contributed by atoms with Crippen molar-refractivity contribution in [2.45, 2.75) is 18.5 Å². The summed E-state index contributed by atoms with van der Waals surface area (Å²) in [5, 5.41) is 9.05. The van der Waals surface area contributed by atoms with Gasteiger partial charge in [-0.05, 0) is 42.3 Å². The summed E-state index contributed by atoms with van der Waals surface area (Å²) in [6.07, 6.45) is 1.35. The first-order valence-corrected chi connectivity index (χ1v) is 12.9. The van der Waals surface area contributed by atoms with Crippen LogP contribution in [0, 0.1) is 6.92 Å². The lowest BCUT2D eigenvalue weighted by molar-refractivity contribution is -0.129. The minimum atomic E-state index is -1.53. The van der Waals surface area contributed by atoms with Crippen molar-refractivity contribution >= 4 is 51.1 Å². The van der Waals surface area contributed by atoms with Gasteiger partial charge in [-0.3, -0.25) is 24.8 Å². The highest BCUT2D eigenvalue weighted by Gasteiger charge is 2.53. The van der Waals surface area contributed by atoms with E-state index in [1.54, 1.807) is 6.07 Å². The largest absolute Gasteiger partial charge is 0.492 e. The SMILES string of the molecule is Cc1ccc(Br)cc1C1(C(N)=O)NC=NC1C(=O)Nc1nc2ccc(OCCN3CCNCC3)cc2[nH]1. The Bertz CT molecular complexity index is 1350. The van der Waals surface area contributed by atoms with Crippen LogP contribution in [0.15, 0.2) is 45.9 Å². The number of aliphatic imine (C=N–C) groups is 1. The number of carbonyl (C=O) groups excluding carboxylic acids is 2. The number of benzene rings is 2. The molecule has 37 heavy (non-hydrogen) atoms. The van der Waals surface area contributed by atoms with E-state index in [1.165, 1.54) is 6.34 Å². The van der Waals surface area contributed by atoms with Gasteiger partial charge >= 0.3 is 0 Å². The molecule has 1 aromatic heterocycles. The minimum Gasteiger partial charge on any atom is -0.492 e. The third kappa shape index (κ3) is 5.04. The van der Waals surface area contributed by atoms with Gasteiger partial charge < -0.3 is 26.1 Å². The number of nitrogens with two attached hydrogens (primary N) is 1. The van der Waals surface area contributed by atoms with Crippen molar-refractivity contribution in [2.75, 3.05) is 44.6 Å². The van der Waals surface area contributed by atoms with E-state index in [9.17, 15) is 9.59 Å². The van der Waals surface area contributed by atoms with E-state index in [0.29, 0.717) is 29.0 Å². The molecule has 3 heterocycles. The number of primary amides is 1. The lowest BCUT2D eigenvalue weighted by Crippen LogP contribution is -2.59. The normalized spacial score (nSPS) is 21.6. The Labute approximate surface area is 222 Å². The zero-order valence-electron chi connectivity index (χ0n) is 20.4. The molecular formula is C25H29BrN8O3. The van der Waals surface area contributed by atoms with E-state index in [2.05, 4.69) is 51.7 Å². The number of nitrogens with zero attached hydrogens (tertiary/aromatic N) is 3. The molecule has 0 spiro atoms. The number of hydrogen-bond acceptors (Lipinski definition) is 8. The Kier molecular flexibility index (Phi) is 7.13. The number of aromatic amines is 1. The first kappa shape index (κ1) is 25.2. The van der Waals surface area contributed by atoms with Crippen LogP contribution in [-0.4, -0.2) is 78.4 Å². The van der Waals surface area contributed by atoms with Gasteiger partial charge in [-0.2, -0.15) is 0 Å². The van der Waals surface area contributed by atoms with Crippen LogP contribution in [0.25, 0.3) is 11.0 Å². The van der Waals surface area contributed by atoms with Crippen molar-refractivity contribution in [3.05, 3.63) is 52.0 Å². The van der Waals surface area contributed by atoms with Gasteiger partial charge in [0.05, 0.1) is 17.4 Å². The predicted octanol–water partition coefficient (Wildman–Crippen LogP) is 1.24. The van der Waals surface area contributed by atoms with Crippen LogP contribution in [-0.2, 0) is 15.1 Å². The zero-order valence-corrected chi connectivity index (χ0v) is 22.0. The fourth-order valence-electron chi connectivity index (χ4n) is 4.80. The van der Waals surface area contributed by atoms with Gasteiger partial charge in [0, 0.05) is 43.3 Å². The number of hydrogen-bond donors (Lipinski definition) is 5. The molecule has 0 radical (unpaired) electrons. The zero-order chi connectivity index (χ0) is 26.0. The van der Waals surface area contributed by atoms with Gasteiger partial charge in [0.1, 0.15) is 12.4 Å². The lowest BCUT2D eigenvalue weighted by atomic mass is 9.80. The van der Waals surface area contributed by atoms with E-state index < -0.39 is 23.4 Å². The first-order valence-electron chi connectivity index (χ1n) is 12.1. The van der Waals surface area contributed by atoms with Crippen LogP contribution in [0.4, 0.5) is 5.95 Å². The molecule has 2 aromatic carbocycles. The van der Waals surface area contributed by atoms with Crippen LogP contribution in [0.3, 0.4) is 0 Å². The molecule has 2 aliphatic heterocycles. The average Bonchev–Trinajstić information content (AvgIpc) is 3.50. The van der Waals surface area contributed by atoms with Gasteiger partial charge in [0.25, 0.3) is 11.8 Å². The second-order valence-corrected chi connectivity index (χ2v) is 10.1. The van der Waals surface area contributed by atoms with Crippen molar-refractivity contribution in [3.8, 4) is 5.75 Å². The number of anilines is 1. The molecule has 3 aromatic rings. The van der Waals surface area contributed by atoms with Crippen LogP contribution < -0.4 is 26.4 Å². The number of halogens is 1. The van der Waals surface area contributed by atoms with Gasteiger partial charge in [-0.25, -0.2) is 4.98 Å². The van der Waals surface area contributed by atoms with E-state index in [-0.39, 0.29) is 5.95 Å². The Morgan fingerprint density at radius 1 is 1.24 bits per heavy atom. The highest BCUT2D eigenvalue weighted by Crippen LogP contribution is 2.34. The number of rotatable bonds is 8. The van der Waals surface area contributed by atoms with Crippen LogP contribution >= 0.6 is 15.9 Å². The molecule has 0 saturated carbocycles. The molecule has 2 unspecified atom stereocenters. The molecule has 2 aliphatic rings. The topological polar surface area (TPSA) is 150 Å². The number of carbonyl (C=O) groups is 2. The van der Waals surface area contributed by atoms with Gasteiger partial charge in [0.2, 0.25) is 5.95 Å². The van der Waals surface area contributed by atoms with Crippen molar-refractivity contribution in [1.29, 1.82) is 0 Å². The average molecular weight is 569 g/mol. The Hall–Kier alpha value is -3.48. The summed E-state index contributed by atoms with van der Waals surface area (Å²) in [5.74, 6) is -0.277. The summed E-state index contributed by atoms with van der Waals surface area (Å²) in [7, 11) is 0. The molecule has 11 nitrogen and oxygen atoms in total. The van der Waals surface area contributed by atoms with E-state index in [1.807, 2.05) is 37.3 Å². The second kappa shape index (κ2) is 10.5. The van der Waals surface area contributed by atoms with Crippen molar-refractivity contribution in [2.24, 2.45) is 10.7 Å². The van der Waals surface area contributed by atoms with Gasteiger partial charge in [-0.1, -0.05) is 22.0 Å². The molecule has 0 aliphatic carbocycles. The molecular weight excluding hydrogens is 540 g/mol. The summed E-state index contributed by atoms with van der Waals surface area (Å²) in [4.78, 5) is 40.3. The Morgan fingerprint density at radius 2 is 2.05 bits per heavy atom. The molecule has 2 amide bonds. The summed E-state index contributed by atoms with van der Waals surface area (Å²) < 4.78 is 6.69. The molecule has 1 saturated heterocycles. The summed E-state index contributed by atoms with van der Waals surface area (Å²) in [6, 6.07) is 9.88. The predicted molar refractivity (Wildman–Crippen MR) is 145 cm³/mol. The van der Waals surface area contributed by atoms with Gasteiger partial charge in [0.15, 0.2) is 11.6 Å². The monoisotopic (exact) mass is 568 g/mol. The standard InChI is InChI=1S/C25H29BrN8O3/c1-15-2-3-16(26)12-18(15)25(23(27)36)21(29-14-30-25)22(35)33-24-31-19-5-4-17(13-20(19)32-24)37-11-10-34-8-6-28-7-9-34/h2-5,12-14,21,28H,6-11H2,1H3,(H2,27,36)(H,29,30)(H2,31,32,33,35). The maximum atomic E-state index is 13.4. The number of nitrogens with one attached hydrogen (secondary N) is 4. The number of amides is 2. The Balaban J connectivity index is 1.31. The number of imidazole rings is 1. The number of ether oxygens (including phenoxy) is 1. The maximum absolute atomic E-state index is 13.4. The highest BCUT2D eigenvalue weighted by atomic mass is 79.9. The van der Waals surface area contributed by atoms with Gasteiger partial charge in [-0.15, -0.1) is 0 Å². The number of fused-ring (bicyclic) bond motifs is 1. The molecule has 194 valence electrons. The van der Waals surface area contributed by atoms with E-state index >= 15 is 0 Å². The molecule has 2 atom stereocenters.